The van der Waals surface area contributed by atoms with E-state index < -0.39 is 0 Å². The monoisotopic (exact) mass is 239 g/mol. The minimum Gasteiger partial charge on any atom is -0.370 e. The SMILES string of the molecule is CSCCCNc1cc2n[nH]c(=O)n2cn1. The number of nitrogens with one attached hydrogen (secondary N) is 2. The van der Waals surface area contributed by atoms with Gasteiger partial charge in [0.15, 0.2) is 5.65 Å². The fourth-order valence-corrected chi connectivity index (χ4v) is 1.77. The number of H-pyrrole nitrogens is 1. The summed E-state index contributed by atoms with van der Waals surface area (Å²) in [5.41, 5.74) is 0.309. The molecule has 86 valence electrons. The number of aromatic amines is 1. The number of nitrogens with zero attached hydrogens (tertiary/aromatic N) is 3. The van der Waals surface area contributed by atoms with Gasteiger partial charge in [-0.3, -0.25) is 0 Å². The van der Waals surface area contributed by atoms with E-state index in [-0.39, 0.29) is 5.69 Å². The Labute approximate surface area is 96.5 Å². The van der Waals surface area contributed by atoms with E-state index in [9.17, 15) is 4.79 Å². The Hall–Kier alpha value is -1.50. The summed E-state index contributed by atoms with van der Waals surface area (Å²) < 4.78 is 1.37. The molecular formula is C9H13N5OS. The second-order valence-corrected chi connectivity index (χ2v) is 4.29. The molecule has 0 bridgehead atoms. The molecule has 0 unspecified atom stereocenters. The molecule has 2 heterocycles. The summed E-state index contributed by atoms with van der Waals surface area (Å²) in [6, 6.07) is 1.75. The third-order valence-corrected chi connectivity index (χ3v) is 2.84. The highest BCUT2D eigenvalue weighted by atomic mass is 32.2. The highest BCUT2D eigenvalue weighted by molar-refractivity contribution is 7.98. The number of anilines is 1. The van der Waals surface area contributed by atoms with Crippen LogP contribution in [-0.2, 0) is 0 Å². The zero-order valence-corrected chi connectivity index (χ0v) is 9.75. The van der Waals surface area contributed by atoms with Crippen LogP contribution in [0, 0.1) is 0 Å². The van der Waals surface area contributed by atoms with Crippen LogP contribution in [0.25, 0.3) is 5.65 Å². The average Bonchev–Trinajstić information content (AvgIpc) is 2.66. The number of hydrogen-bond acceptors (Lipinski definition) is 5. The molecule has 0 aliphatic heterocycles. The molecule has 2 aromatic heterocycles. The molecule has 2 N–H and O–H groups in total. The molecule has 0 saturated carbocycles. The highest BCUT2D eigenvalue weighted by Gasteiger charge is 2.01. The van der Waals surface area contributed by atoms with Crippen LogP contribution in [-0.4, -0.2) is 38.1 Å². The first-order valence-electron chi connectivity index (χ1n) is 4.97. The fraction of sp³-hybridized carbons (Fsp3) is 0.444. The van der Waals surface area contributed by atoms with Gasteiger partial charge in [0.2, 0.25) is 0 Å². The van der Waals surface area contributed by atoms with Crippen LogP contribution in [0.4, 0.5) is 5.82 Å². The standard InChI is InChI=1S/C9H13N5OS/c1-16-4-2-3-10-7-5-8-12-13-9(15)14(8)6-11-7/h5-6,10H,2-4H2,1H3,(H,13,15). The predicted octanol–water partition coefficient (Wildman–Crippen LogP) is 0.583. The van der Waals surface area contributed by atoms with Crippen LogP contribution < -0.4 is 11.0 Å². The molecule has 0 radical (unpaired) electrons. The predicted molar refractivity (Wildman–Crippen MR) is 65.1 cm³/mol. The molecule has 0 amide bonds. The van der Waals surface area contributed by atoms with Gasteiger partial charge in [0.05, 0.1) is 0 Å². The Morgan fingerprint density at radius 2 is 2.50 bits per heavy atom. The van der Waals surface area contributed by atoms with E-state index in [1.165, 1.54) is 10.7 Å². The van der Waals surface area contributed by atoms with Crippen molar-refractivity contribution in [3.05, 3.63) is 22.9 Å². The van der Waals surface area contributed by atoms with Gasteiger partial charge in [0.25, 0.3) is 0 Å². The van der Waals surface area contributed by atoms with Crippen LogP contribution in [0.15, 0.2) is 17.2 Å². The molecule has 6 nitrogen and oxygen atoms in total. The van der Waals surface area contributed by atoms with Gasteiger partial charge in [-0.2, -0.15) is 16.9 Å². The van der Waals surface area contributed by atoms with Crippen LogP contribution in [0.1, 0.15) is 6.42 Å². The van der Waals surface area contributed by atoms with E-state index in [1.54, 1.807) is 6.07 Å². The first-order valence-corrected chi connectivity index (χ1v) is 6.36. The van der Waals surface area contributed by atoms with Crippen molar-refractivity contribution in [2.45, 2.75) is 6.42 Å². The molecule has 0 aliphatic carbocycles. The van der Waals surface area contributed by atoms with E-state index in [1.807, 2.05) is 11.8 Å². The van der Waals surface area contributed by atoms with E-state index >= 15 is 0 Å². The summed E-state index contributed by atoms with van der Waals surface area (Å²) in [5.74, 6) is 1.87. The van der Waals surface area contributed by atoms with Crippen molar-refractivity contribution in [1.29, 1.82) is 0 Å². The minimum atomic E-state index is -0.267. The number of thioether (sulfide) groups is 1. The summed E-state index contributed by atoms with van der Waals surface area (Å²) >= 11 is 1.82. The van der Waals surface area contributed by atoms with Crippen LogP contribution in [0.3, 0.4) is 0 Å². The quantitative estimate of drug-likeness (QED) is 0.747. The van der Waals surface area contributed by atoms with Crippen molar-refractivity contribution in [1.82, 2.24) is 19.6 Å². The van der Waals surface area contributed by atoms with E-state index in [0.29, 0.717) is 5.65 Å². The van der Waals surface area contributed by atoms with Crippen molar-refractivity contribution < 1.29 is 0 Å². The molecule has 0 aliphatic rings. The van der Waals surface area contributed by atoms with E-state index in [4.69, 9.17) is 0 Å². The number of rotatable bonds is 5. The Bertz CT molecular complexity index is 520. The van der Waals surface area contributed by atoms with Crippen molar-refractivity contribution in [2.24, 2.45) is 0 Å². The largest absolute Gasteiger partial charge is 0.370 e. The molecule has 16 heavy (non-hydrogen) atoms. The molecular weight excluding hydrogens is 226 g/mol. The van der Waals surface area contributed by atoms with Gasteiger partial charge in [-0.05, 0) is 18.4 Å². The van der Waals surface area contributed by atoms with Crippen LogP contribution in [0.2, 0.25) is 0 Å². The smallest absolute Gasteiger partial charge is 0.348 e. The summed E-state index contributed by atoms with van der Waals surface area (Å²) in [6.45, 7) is 0.874. The van der Waals surface area contributed by atoms with Gasteiger partial charge < -0.3 is 5.32 Å². The number of hydrogen-bond donors (Lipinski definition) is 2. The lowest BCUT2D eigenvalue weighted by molar-refractivity contribution is 0.962. The third kappa shape index (κ3) is 2.35. The molecule has 0 atom stereocenters. The highest BCUT2D eigenvalue weighted by Crippen LogP contribution is 2.04. The topological polar surface area (TPSA) is 75.1 Å². The van der Waals surface area contributed by atoms with Crippen molar-refractivity contribution in [3.8, 4) is 0 Å². The van der Waals surface area contributed by atoms with Crippen LogP contribution in [0.5, 0.6) is 0 Å². The molecule has 0 spiro atoms. The van der Waals surface area contributed by atoms with Gasteiger partial charge in [-0.1, -0.05) is 0 Å². The maximum absolute atomic E-state index is 11.2. The maximum atomic E-state index is 11.2. The molecule has 2 rings (SSSR count). The van der Waals surface area contributed by atoms with Gasteiger partial charge in [0.1, 0.15) is 12.1 Å². The zero-order chi connectivity index (χ0) is 11.4. The lowest BCUT2D eigenvalue weighted by Gasteiger charge is -2.03. The molecule has 7 heteroatoms. The zero-order valence-electron chi connectivity index (χ0n) is 8.93. The summed E-state index contributed by atoms with van der Waals surface area (Å²) in [4.78, 5) is 15.3. The lowest BCUT2D eigenvalue weighted by atomic mass is 10.4. The number of aromatic nitrogens is 4. The van der Waals surface area contributed by atoms with Crippen molar-refractivity contribution in [2.75, 3.05) is 23.9 Å². The first-order chi connectivity index (χ1) is 7.81. The Morgan fingerprint density at radius 3 is 3.31 bits per heavy atom. The second kappa shape index (κ2) is 5.02. The average molecular weight is 239 g/mol. The molecule has 2 aromatic rings. The first kappa shape index (κ1) is 11.0. The van der Waals surface area contributed by atoms with Gasteiger partial charge in [-0.25, -0.2) is 19.3 Å². The van der Waals surface area contributed by atoms with Gasteiger partial charge >= 0.3 is 5.69 Å². The minimum absolute atomic E-state index is 0.267. The lowest BCUT2D eigenvalue weighted by Crippen LogP contribution is -2.10. The van der Waals surface area contributed by atoms with Crippen molar-refractivity contribution >= 4 is 23.2 Å². The summed E-state index contributed by atoms with van der Waals surface area (Å²) in [7, 11) is 0. The second-order valence-electron chi connectivity index (χ2n) is 3.30. The summed E-state index contributed by atoms with van der Waals surface area (Å²) in [6.07, 6.45) is 4.64. The normalized spacial score (nSPS) is 10.8. The van der Waals surface area contributed by atoms with E-state index in [2.05, 4.69) is 26.8 Å². The van der Waals surface area contributed by atoms with Gasteiger partial charge in [0, 0.05) is 12.6 Å². The van der Waals surface area contributed by atoms with Crippen molar-refractivity contribution in [3.63, 3.8) is 0 Å². The third-order valence-electron chi connectivity index (χ3n) is 2.14. The summed E-state index contributed by atoms with van der Waals surface area (Å²) in [5, 5.41) is 9.42. The molecule has 0 aromatic carbocycles. The molecule has 0 saturated heterocycles. The van der Waals surface area contributed by atoms with Gasteiger partial charge in [-0.15, -0.1) is 0 Å². The van der Waals surface area contributed by atoms with Crippen LogP contribution >= 0.6 is 11.8 Å². The molecule has 0 fully saturated rings. The fourth-order valence-electron chi connectivity index (χ4n) is 1.34. The Kier molecular flexibility index (Phi) is 3.45. The Morgan fingerprint density at radius 1 is 1.62 bits per heavy atom. The van der Waals surface area contributed by atoms with E-state index in [0.717, 1.165) is 24.5 Å². The Balaban J connectivity index is 2.05. The maximum Gasteiger partial charge on any atom is 0.348 e. The number of fused-ring (bicyclic) bond motifs is 1.